The van der Waals surface area contributed by atoms with Crippen molar-refractivity contribution in [3.05, 3.63) is 23.8 Å². The Hall–Kier alpha value is -1.65. The lowest BCUT2D eigenvalue weighted by atomic mass is 10.3. The molecule has 0 amide bonds. The fourth-order valence-electron chi connectivity index (χ4n) is 1.72. The van der Waals surface area contributed by atoms with Gasteiger partial charge in [0.15, 0.2) is 5.82 Å². The normalized spacial score (nSPS) is 11.2. The van der Waals surface area contributed by atoms with Gasteiger partial charge in [0, 0.05) is 18.7 Å². The molecule has 2 aromatic rings. The number of benzene rings is 1. The second-order valence-corrected chi connectivity index (χ2v) is 3.73. The molecule has 1 aromatic carbocycles. The van der Waals surface area contributed by atoms with E-state index in [1.807, 2.05) is 6.92 Å². The third kappa shape index (κ3) is 1.73. The molecule has 3 nitrogen and oxygen atoms in total. The van der Waals surface area contributed by atoms with Crippen molar-refractivity contribution in [2.75, 3.05) is 5.73 Å². The molecular formula is C11H13F2N3. The van der Waals surface area contributed by atoms with E-state index in [2.05, 4.69) is 4.98 Å². The monoisotopic (exact) mass is 225 g/mol. The Balaban J connectivity index is 2.59. The standard InChI is InChI=1S/C11H13F2N3/c1-2-3-4-16-9-6-7(12)5-8(13)10(9)15-11(16)14/h5-6H,2-4H2,1H3,(H2,14,15). The zero-order valence-electron chi connectivity index (χ0n) is 9.00. The van der Waals surface area contributed by atoms with Gasteiger partial charge in [0.05, 0.1) is 5.52 Å². The fraction of sp³-hybridized carbons (Fsp3) is 0.364. The molecule has 0 saturated carbocycles. The minimum atomic E-state index is -0.669. The van der Waals surface area contributed by atoms with Gasteiger partial charge in [0.2, 0.25) is 5.95 Å². The number of nitrogens with zero attached hydrogens (tertiary/aromatic N) is 2. The highest BCUT2D eigenvalue weighted by atomic mass is 19.1. The van der Waals surface area contributed by atoms with E-state index >= 15 is 0 Å². The molecule has 1 heterocycles. The first-order chi connectivity index (χ1) is 7.63. The van der Waals surface area contributed by atoms with E-state index in [1.165, 1.54) is 6.07 Å². The number of aromatic nitrogens is 2. The topological polar surface area (TPSA) is 43.8 Å². The average molecular weight is 225 g/mol. The van der Waals surface area contributed by atoms with Crippen LogP contribution in [0, 0.1) is 11.6 Å². The Kier molecular flexibility index (Phi) is 2.77. The first kappa shape index (κ1) is 10.9. The Labute approximate surface area is 91.9 Å². The zero-order valence-corrected chi connectivity index (χ0v) is 9.00. The van der Waals surface area contributed by atoms with Gasteiger partial charge in [0.1, 0.15) is 11.3 Å². The molecule has 0 spiro atoms. The molecule has 0 aliphatic rings. The van der Waals surface area contributed by atoms with Gasteiger partial charge in [-0.15, -0.1) is 0 Å². The molecule has 1 aromatic heterocycles. The third-order valence-electron chi connectivity index (χ3n) is 2.54. The summed E-state index contributed by atoms with van der Waals surface area (Å²) in [5.41, 5.74) is 6.23. The van der Waals surface area contributed by atoms with Crippen LogP contribution < -0.4 is 5.73 Å². The van der Waals surface area contributed by atoms with Crippen LogP contribution >= 0.6 is 0 Å². The quantitative estimate of drug-likeness (QED) is 0.872. The van der Waals surface area contributed by atoms with Gasteiger partial charge >= 0.3 is 0 Å². The molecule has 0 aliphatic carbocycles. The molecule has 16 heavy (non-hydrogen) atoms. The maximum Gasteiger partial charge on any atom is 0.201 e. The minimum absolute atomic E-state index is 0.134. The second kappa shape index (κ2) is 4.08. The molecule has 0 radical (unpaired) electrons. The SMILES string of the molecule is CCCCn1c(N)nc2c(F)cc(F)cc21. The lowest BCUT2D eigenvalue weighted by Crippen LogP contribution is -2.03. The molecule has 5 heteroatoms. The molecule has 86 valence electrons. The van der Waals surface area contributed by atoms with Crippen molar-refractivity contribution in [1.29, 1.82) is 0 Å². The maximum absolute atomic E-state index is 13.4. The fourth-order valence-corrected chi connectivity index (χ4v) is 1.72. The number of fused-ring (bicyclic) bond motifs is 1. The average Bonchev–Trinajstić information content (AvgIpc) is 2.53. The number of nitrogens with two attached hydrogens (primary N) is 1. The number of anilines is 1. The summed E-state index contributed by atoms with van der Waals surface area (Å²) in [6.45, 7) is 2.66. The lowest BCUT2D eigenvalue weighted by Gasteiger charge is -2.04. The molecular weight excluding hydrogens is 212 g/mol. The van der Waals surface area contributed by atoms with Crippen LogP contribution in [0.4, 0.5) is 14.7 Å². The predicted molar refractivity (Wildman–Crippen MR) is 59.0 cm³/mol. The summed E-state index contributed by atoms with van der Waals surface area (Å²) < 4.78 is 28.1. The highest BCUT2D eigenvalue weighted by Gasteiger charge is 2.13. The van der Waals surface area contributed by atoms with Crippen molar-refractivity contribution in [1.82, 2.24) is 9.55 Å². The highest BCUT2D eigenvalue weighted by molar-refractivity contribution is 5.79. The molecule has 0 saturated heterocycles. The third-order valence-corrected chi connectivity index (χ3v) is 2.54. The van der Waals surface area contributed by atoms with Gasteiger partial charge in [0.25, 0.3) is 0 Å². The summed E-state index contributed by atoms with van der Waals surface area (Å²) in [6.07, 6.45) is 1.88. The summed E-state index contributed by atoms with van der Waals surface area (Å²) in [5, 5.41) is 0. The van der Waals surface area contributed by atoms with Crippen molar-refractivity contribution >= 4 is 17.0 Å². The van der Waals surface area contributed by atoms with E-state index in [0.29, 0.717) is 12.1 Å². The van der Waals surface area contributed by atoms with Crippen molar-refractivity contribution in [3.63, 3.8) is 0 Å². The first-order valence-electron chi connectivity index (χ1n) is 5.24. The van der Waals surface area contributed by atoms with E-state index in [0.717, 1.165) is 18.9 Å². The van der Waals surface area contributed by atoms with Crippen LogP contribution in [0.5, 0.6) is 0 Å². The van der Waals surface area contributed by atoms with Gasteiger partial charge in [-0.25, -0.2) is 13.8 Å². The van der Waals surface area contributed by atoms with Gasteiger partial charge in [-0.2, -0.15) is 0 Å². The van der Waals surface area contributed by atoms with Crippen molar-refractivity contribution < 1.29 is 8.78 Å². The van der Waals surface area contributed by atoms with Crippen LogP contribution in [0.1, 0.15) is 19.8 Å². The van der Waals surface area contributed by atoms with Gasteiger partial charge in [-0.05, 0) is 6.42 Å². The summed E-state index contributed by atoms with van der Waals surface area (Å²) in [4.78, 5) is 3.91. The number of halogens is 2. The van der Waals surface area contributed by atoms with E-state index in [4.69, 9.17) is 5.73 Å². The van der Waals surface area contributed by atoms with Crippen LogP contribution in [0.2, 0.25) is 0 Å². The number of rotatable bonds is 3. The number of nitrogen functional groups attached to an aromatic ring is 1. The molecule has 0 fully saturated rings. The van der Waals surface area contributed by atoms with E-state index in [1.54, 1.807) is 4.57 Å². The van der Waals surface area contributed by atoms with Gasteiger partial charge < -0.3 is 10.3 Å². The Bertz CT molecular complexity index is 519. The van der Waals surface area contributed by atoms with Crippen molar-refractivity contribution in [3.8, 4) is 0 Å². The van der Waals surface area contributed by atoms with E-state index in [-0.39, 0.29) is 11.5 Å². The summed E-state index contributed by atoms with van der Waals surface area (Å²) in [6, 6.07) is 2.08. The van der Waals surface area contributed by atoms with Crippen LogP contribution in [-0.4, -0.2) is 9.55 Å². The summed E-state index contributed by atoms with van der Waals surface area (Å²) in [5.74, 6) is -1.05. The predicted octanol–water partition coefficient (Wildman–Crippen LogP) is 2.70. The minimum Gasteiger partial charge on any atom is -0.369 e. The lowest BCUT2D eigenvalue weighted by molar-refractivity contribution is 0.589. The number of imidazole rings is 1. The second-order valence-electron chi connectivity index (χ2n) is 3.73. The van der Waals surface area contributed by atoms with Gasteiger partial charge in [-0.3, -0.25) is 0 Å². The maximum atomic E-state index is 13.4. The molecule has 0 unspecified atom stereocenters. The Morgan fingerprint density at radius 1 is 1.38 bits per heavy atom. The van der Waals surface area contributed by atoms with E-state index < -0.39 is 11.6 Å². The molecule has 0 atom stereocenters. The smallest absolute Gasteiger partial charge is 0.201 e. The Morgan fingerprint density at radius 2 is 2.12 bits per heavy atom. The van der Waals surface area contributed by atoms with Gasteiger partial charge in [-0.1, -0.05) is 13.3 Å². The van der Waals surface area contributed by atoms with Crippen LogP contribution in [0.25, 0.3) is 11.0 Å². The number of hydrogen-bond donors (Lipinski definition) is 1. The Morgan fingerprint density at radius 3 is 2.81 bits per heavy atom. The summed E-state index contributed by atoms with van der Waals surface area (Å²) >= 11 is 0. The van der Waals surface area contributed by atoms with Crippen LogP contribution in [0.15, 0.2) is 12.1 Å². The molecule has 0 aliphatic heterocycles. The summed E-state index contributed by atoms with van der Waals surface area (Å²) in [7, 11) is 0. The van der Waals surface area contributed by atoms with Crippen molar-refractivity contribution in [2.45, 2.75) is 26.3 Å². The number of aryl methyl sites for hydroxylation is 1. The zero-order chi connectivity index (χ0) is 11.7. The molecule has 2 N–H and O–H groups in total. The highest BCUT2D eigenvalue weighted by Crippen LogP contribution is 2.22. The number of unbranched alkanes of at least 4 members (excludes halogenated alkanes) is 1. The van der Waals surface area contributed by atoms with Crippen LogP contribution in [-0.2, 0) is 6.54 Å². The van der Waals surface area contributed by atoms with Crippen LogP contribution in [0.3, 0.4) is 0 Å². The van der Waals surface area contributed by atoms with E-state index in [9.17, 15) is 8.78 Å². The molecule has 0 bridgehead atoms. The first-order valence-corrected chi connectivity index (χ1v) is 5.24. The molecule has 2 rings (SSSR count). The largest absolute Gasteiger partial charge is 0.369 e. The number of hydrogen-bond acceptors (Lipinski definition) is 2. The van der Waals surface area contributed by atoms with Crippen molar-refractivity contribution in [2.24, 2.45) is 0 Å².